The molecule has 0 unspecified atom stereocenters. The molecule has 1 aliphatic rings. The molecule has 1 aromatic carbocycles. The van der Waals surface area contributed by atoms with Crippen LogP contribution in [0, 0.1) is 13.8 Å². The highest BCUT2D eigenvalue weighted by molar-refractivity contribution is 5.68. The van der Waals surface area contributed by atoms with Crippen molar-refractivity contribution in [2.45, 2.75) is 38.8 Å². The highest BCUT2D eigenvalue weighted by Crippen LogP contribution is 2.35. The minimum absolute atomic E-state index is 0.555. The Kier molecular flexibility index (Phi) is 4.75. The van der Waals surface area contributed by atoms with Crippen LogP contribution in [0.5, 0.6) is 0 Å². The fraction of sp³-hybridized carbons (Fsp3) is 0.250. The Bertz CT molecular complexity index is 1260. The molecule has 156 valence electrons. The maximum atomic E-state index is 11.4. The van der Waals surface area contributed by atoms with Gasteiger partial charge in [0.05, 0.1) is 17.7 Å². The molecule has 0 radical (unpaired) electrons. The van der Waals surface area contributed by atoms with Gasteiger partial charge in [-0.3, -0.25) is 4.98 Å². The first-order valence-corrected chi connectivity index (χ1v) is 10.4. The Morgan fingerprint density at radius 1 is 1.10 bits per heavy atom. The first-order valence-electron chi connectivity index (χ1n) is 10.4. The van der Waals surface area contributed by atoms with Gasteiger partial charge in [0.2, 0.25) is 0 Å². The summed E-state index contributed by atoms with van der Waals surface area (Å²) in [6.45, 7) is 4.81. The predicted molar refractivity (Wildman–Crippen MR) is 118 cm³/mol. The molecule has 4 aromatic rings. The maximum Gasteiger partial charge on any atom is 0.174 e. The largest absolute Gasteiger partial charge is 0.375 e. The molecule has 31 heavy (non-hydrogen) atoms. The van der Waals surface area contributed by atoms with Gasteiger partial charge in [-0.2, -0.15) is 5.10 Å². The molecule has 1 aliphatic heterocycles. The molecule has 0 spiro atoms. The average Bonchev–Trinajstić information content (AvgIpc) is 3.40. The molecule has 1 atom stereocenters. The van der Waals surface area contributed by atoms with E-state index in [2.05, 4.69) is 45.2 Å². The minimum atomic E-state index is -1.21. The monoisotopic (exact) mass is 412 g/mol. The van der Waals surface area contributed by atoms with Crippen molar-refractivity contribution < 1.29 is 5.11 Å². The number of imidazole rings is 1. The lowest BCUT2D eigenvalue weighted by atomic mass is 9.90. The number of fused-ring (bicyclic) bond motifs is 1. The van der Waals surface area contributed by atoms with E-state index >= 15 is 0 Å². The Labute approximate surface area is 180 Å². The van der Waals surface area contributed by atoms with Crippen molar-refractivity contribution in [3.05, 3.63) is 89.3 Å². The zero-order valence-electron chi connectivity index (χ0n) is 17.6. The zero-order chi connectivity index (χ0) is 21.4. The Morgan fingerprint density at radius 3 is 2.74 bits per heavy atom. The summed E-state index contributed by atoms with van der Waals surface area (Å²) < 4.78 is 3.83. The van der Waals surface area contributed by atoms with E-state index in [9.17, 15) is 5.11 Å². The van der Waals surface area contributed by atoms with Gasteiger partial charge in [-0.05, 0) is 68.2 Å². The van der Waals surface area contributed by atoms with Crippen molar-refractivity contribution in [3.63, 3.8) is 0 Å². The van der Waals surface area contributed by atoms with Crippen LogP contribution >= 0.6 is 0 Å². The SMILES string of the molecule is Cc1cn(-c2ccc(/C=C/c3nc4n(n3)CCC[C@]4(O)c3ccccn3)cc2C)cn1. The average molecular weight is 412 g/mol. The molecule has 0 bridgehead atoms. The van der Waals surface area contributed by atoms with Crippen molar-refractivity contribution in [2.24, 2.45) is 0 Å². The molecule has 0 fully saturated rings. The van der Waals surface area contributed by atoms with Crippen LogP contribution in [0.15, 0.2) is 55.1 Å². The van der Waals surface area contributed by atoms with E-state index in [0.29, 0.717) is 23.8 Å². The number of nitrogens with zero attached hydrogens (tertiary/aromatic N) is 6. The molecular formula is C24H24N6O. The number of benzene rings is 1. The summed E-state index contributed by atoms with van der Waals surface area (Å²) in [4.78, 5) is 13.3. The van der Waals surface area contributed by atoms with Gasteiger partial charge in [0.25, 0.3) is 0 Å². The third-order valence-electron chi connectivity index (χ3n) is 5.69. The van der Waals surface area contributed by atoms with Gasteiger partial charge in [-0.25, -0.2) is 14.6 Å². The summed E-state index contributed by atoms with van der Waals surface area (Å²) in [6.07, 6.45) is 10.8. The third-order valence-corrected chi connectivity index (χ3v) is 5.69. The van der Waals surface area contributed by atoms with Crippen molar-refractivity contribution in [3.8, 4) is 5.69 Å². The second-order valence-electron chi connectivity index (χ2n) is 8.00. The maximum absolute atomic E-state index is 11.4. The van der Waals surface area contributed by atoms with E-state index in [1.165, 1.54) is 0 Å². The molecule has 0 saturated carbocycles. The lowest BCUT2D eigenvalue weighted by Crippen LogP contribution is -2.36. The number of rotatable bonds is 4. The molecule has 5 rings (SSSR count). The highest BCUT2D eigenvalue weighted by Gasteiger charge is 2.40. The van der Waals surface area contributed by atoms with Crippen LogP contribution in [0.4, 0.5) is 0 Å². The number of aliphatic hydroxyl groups is 1. The normalized spacial score (nSPS) is 18.4. The number of pyridine rings is 1. The van der Waals surface area contributed by atoms with Crippen molar-refractivity contribution >= 4 is 12.2 Å². The standard InChI is InChI=1S/C24H24N6O/c1-17-14-19(7-9-20(17)29-15-18(2)26-16-29)8-10-22-27-23-24(31,11-5-13-30(23)28-22)21-6-3-4-12-25-21/h3-4,6-10,12,14-16,31H,5,11,13H2,1-2H3/b10-8+/t24-/m0/s1. The van der Waals surface area contributed by atoms with E-state index in [0.717, 1.165) is 35.5 Å². The summed E-state index contributed by atoms with van der Waals surface area (Å²) in [5.41, 5.74) is 3.71. The second kappa shape index (κ2) is 7.59. The molecule has 3 aromatic heterocycles. The molecule has 7 heteroatoms. The Hall–Kier alpha value is -3.58. The smallest absolute Gasteiger partial charge is 0.174 e. The van der Waals surface area contributed by atoms with Gasteiger partial charge in [0, 0.05) is 24.6 Å². The summed E-state index contributed by atoms with van der Waals surface area (Å²) >= 11 is 0. The van der Waals surface area contributed by atoms with Crippen LogP contribution in [0.3, 0.4) is 0 Å². The van der Waals surface area contributed by atoms with Gasteiger partial charge in [0.15, 0.2) is 17.2 Å². The van der Waals surface area contributed by atoms with Crippen LogP contribution in [-0.2, 0) is 12.1 Å². The van der Waals surface area contributed by atoms with Crippen molar-refractivity contribution in [1.29, 1.82) is 0 Å². The summed E-state index contributed by atoms with van der Waals surface area (Å²) in [7, 11) is 0. The first kappa shape index (κ1) is 19.4. The molecule has 4 heterocycles. The van der Waals surface area contributed by atoms with Crippen molar-refractivity contribution in [1.82, 2.24) is 29.3 Å². The van der Waals surface area contributed by atoms with E-state index in [1.54, 1.807) is 10.9 Å². The quantitative estimate of drug-likeness (QED) is 0.553. The van der Waals surface area contributed by atoms with Gasteiger partial charge < -0.3 is 9.67 Å². The van der Waals surface area contributed by atoms with Gasteiger partial charge in [0.1, 0.15) is 0 Å². The number of aromatic nitrogens is 6. The molecule has 7 nitrogen and oxygen atoms in total. The fourth-order valence-corrected chi connectivity index (χ4v) is 4.13. The molecule has 0 aliphatic carbocycles. The van der Waals surface area contributed by atoms with Gasteiger partial charge in [-0.1, -0.05) is 18.2 Å². The van der Waals surface area contributed by atoms with Crippen LogP contribution in [-0.4, -0.2) is 34.4 Å². The lowest BCUT2D eigenvalue weighted by Gasteiger charge is -2.30. The van der Waals surface area contributed by atoms with Crippen molar-refractivity contribution in [2.75, 3.05) is 0 Å². The van der Waals surface area contributed by atoms with Crippen LogP contribution in [0.25, 0.3) is 17.8 Å². The Balaban J connectivity index is 1.42. The summed E-state index contributed by atoms with van der Waals surface area (Å²) in [5, 5.41) is 15.9. The Morgan fingerprint density at radius 2 is 2.00 bits per heavy atom. The van der Waals surface area contributed by atoms with Gasteiger partial charge >= 0.3 is 0 Å². The topological polar surface area (TPSA) is 81.7 Å². The van der Waals surface area contributed by atoms with Crippen LogP contribution in [0.1, 0.15) is 47.0 Å². The zero-order valence-corrected chi connectivity index (χ0v) is 17.6. The minimum Gasteiger partial charge on any atom is -0.375 e. The van der Waals surface area contributed by atoms with E-state index in [1.807, 2.05) is 54.4 Å². The first-order chi connectivity index (χ1) is 15.0. The van der Waals surface area contributed by atoms with E-state index in [-0.39, 0.29) is 0 Å². The highest BCUT2D eigenvalue weighted by atomic mass is 16.3. The fourth-order valence-electron chi connectivity index (χ4n) is 4.13. The van der Waals surface area contributed by atoms with E-state index in [4.69, 9.17) is 0 Å². The molecule has 0 amide bonds. The van der Waals surface area contributed by atoms with Crippen LogP contribution in [0.2, 0.25) is 0 Å². The predicted octanol–water partition coefficient (Wildman–Crippen LogP) is 3.68. The number of aryl methyl sites for hydroxylation is 3. The second-order valence-corrected chi connectivity index (χ2v) is 8.00. The lowest BCUT2D eigenvalue weighted by molar-refractivity contribution is 0.0354. The van der Waals surface area contributed by atoms with Crippen LogP contribution < -0.4 is 0 Å². The van der Waals surface area contributed by atoms with E-state index < -0.39 is 5.60 Å². The number of hydrogen-bond donors (Lipinski definition) is 1. The third kappa shape index (κ3) is 3.57. The number of hydrogen-bond acceptors (Lipinski definition) is 5. The molecular weight excluding hydrogens is 388 g/mol. The van der Waals surface area contributed by atoms with Gasteiger partial charge in [-0.15, -0.1) is 0 Å². The molecule has 0 saturated heterocycles. The summed E-state index contributed by atoms with van der Waals surface area (Å²) in [6, 6.07) is 11.8. The molecule has 1 N–H and O–H groups in total. The summed E-state index contributed by atoms with van der Waals surface area (Å²) in [5.74, 6) is 1.14.